The highest BCUT2D eigenvalue weighted by Crippen LogP contribution is 2.15. The average Bonchev–Trinajstić information content (AvgIpc) is 2.53. The summed E-state index contributed by atoms with van der Waals surface area (Å²) in [6, 6.07) is 0. The summed E-state index contributed by atoms with van der Waals surface area (Å²) in [4.78, 5) is 16.1. The van der Waals surface area contributed by atoms with Crippen molar-refractivity contribution in [3.8, 4) is 0 Å². The fourth-order valence-electron chi connectivity index (χ4n) is 1.35. The monoisotopic (exact) mass is 217 g/mol. The molecular weight excluding hydrogens is 206 g/mol. The molecule has 15 heavy (non-hydrogen) atoms. The van der Waals surface area contributed by atoms with Gasteiger partial charge in [0.25, 0.3) is 0 Å². The maximum absolute atomic E-state index is 12.0. The van der Waals surface area contributed by atoms with Crippen molar-refractivity contribution < 1.29 is 4.79 Å². The number of carbonyl (C=O) groups is 1. The van der Waals surface area contributed by atoms with Crippen molar-refractivity contribution in [3.05, 3.63) is 52.0 Å². The number of nitrogens with zero attached hydrogens (tertiary/aromatic N) is 1. The zero-order valence-corrected chi connectivity index (χ0v) is 9.25. The lowest BCUT2D eigenvalue weighted by atomic mass is 10.1. The van der Waals surface area contributed by atoms with Crippen molar-refractivity contribution in [2.75, 3.05) is 0 Å². The SMILES string of the molecule is Cc1nc(C(=O)C2=CC=CCC=C2)cs1. The van der Waals surface area contributed by atoms with E-state index in [-0.39, 0.29) is 5.78 Å². The van der Waals surface area contributed by atoms with E-state index in [0.717, 1.165) is 11.4 Å². The summed E-state index contributed by atoms with van der Waals surface area (Å²) in [5.74, 6) is 0.00199. The molecule has 0 bridgehead atoms. The molecule has 2 rings (SSSR count). The van der Waals surface area contributed by atoms with E-state index in [1.54, 1.807) is 5.38 Å². The standard InChI is InChI=1S/C12H11NOS/c1-9-13-11(8-15-9)12(14)10-6-4-2-3-5-7-10/h2,4-8H,3H2,1H3. The highest BCUT2D eigenvalue weighted by atomic mass is 32.1. The molecular formula is C12H11NOS. The van der Waals surface area contributed by atoms with Crippen molar-refractivity contribution in [2.45, 2.75) is 13.3 Å². The van der Waals surface area contributed by atoms with Crippen molar-refractivity contribution in [2.24, 2.45) is 0 Å². The molecule has 0 atom stereocenters. The lowest BCUT2D eigenvalue weighted by Gasteiger charge is -1.95. The van der Waals surface area contributed by atoms with Gasteiger partial charge >= 0.3 is 0 Å². The topological polar surface area (TPSA) is 30.0 Å². The van der Waals surface area contributed by atoms with Crippen LogP contribution < -0.4 is 0 Å². The fourth-order valence-corrected chi connectivity index (χ4v) is 1.94. The van der Waals surface area contributed by atoms with Gasteiger partial charge in [0.05, 0.1) is 5.01 Å². The molecule has 0 aliphatic heterocycles. The van der Waals surface area contributed by atoms with Gasteiger partial charge in [-0.3, -0.25) is 4.79 Å². The van der Waals surface area contributed by atoms with Gasteiger partial charge < -0.3 is 0 Å². The number of hydrogen-bond donors (Lipinski definition) is 0. The number of ketones is 1. The van der Waals surface area contributed by atoms with Gasteiger partial charge in [0.1, 0.15) is 5.69 Å². The molecule has 0 N–H and O–H groups in total. The first-order valence-electron chi connectivity index (χ1n) is 4.77. The van der Waals surface area contributed by atoms with Crippen LogP contribution in [0.3, 0.4) is 0 Å². The predicted octanol–water partition coefficient (Wildman–Crippen LogP) is 3.08. The zero-order chi connectivity index (χ0) is 10.7. The van der Waals surface area contributed by atoms with Crippen LogP contribution in [0.5, 0.6) is 0 Å². The molecule has 1 aliphatic carbocycles. The molecule has 0 saturated heterocycles. The van der Waals surface area contributed by atoms with Crippen LogP contribution in [0.1, 0.15) is 21.9 Å². The lowest BCUT2D eigenvalue weighted by molar-refractivity contribution is 0.103. The van der Waals surface area contributed by atoms with Crippen LogP contribution in [-0.2, 0) is 0 Å². The summed E-state index contributed by atoms with van der Waals surface area (Å²) < 4.78 is 0. The summed E-state index contributed by atoms with van der Waals surface area (Å²) in [7, 11) is 0. The van der Waals surface area contributed by atoms with E-state index in [1.165, 1.54) is 11.3 Å². The van der Waals surface area contributed by atoms with E-state index in [1.807, 2.05) is 37.3 Å². The zero-order valence-electron chi connectivity index (χ0n) is 8.43. The molecule has 2 nitrogen and oxygen atoms in total. The number of carbonyl (C=O) groups excluding carboxylic acids is 1. The molecule has 1 aliphatic rings. The smallest absolute Gasteiger partial charge is 0.212 e. The third kappa shape index (κ3) is 2.30. The van der Waals surface area contributed by atoms with E-state index < -0.39 is 0 Å². The van der Waals surface area contributed by atoms with Crippen molar-refractivity contribution in [3.63, 3.8) is 0 Å². The highest BCUT2D eigenvalue weighted by molar-refractivity contribution is 7.09. The second kappa shape index (κ2) is 4.36. The van der Waals surface area contributed by atoms with Crippen LogP contribution in [0, 0.1) is 6.92 Å². The first-order valence-corrected chi connectivity index (χ1v) is 5.65. The number of rotatable bonds is 2. The molecule has 1 aromatic heterocycles. The molecule has 0 saturated carbocycles. The molecule has 0 spiro atoms. The molecule has 3 heteroatoms. The van der Waals surface area contributed by atoms with Gasteiger partial charge in [-0.05, 0) is 13.3 Å². The van der Waals surface area contributed by atoms with E-state index in [9.17, 15) is 4.79 Å². The van der Waals surface area contributed by atoms with Crippen molar-refractivity contribution >= 4 is 17.1 Å². The maximum atomic E-state index is 12.0. The van der Waals surface area contributed by atoms with Crippen LogP contribution in [0.2, 0.25) is 0 Å². The number of aryl methyl sites for hydroxylation is 1. The summed E-state index contributed by atoms with van der Waals surface area (Å²) in [6.07, 6.45) is 10.5. The van der Waals surface area contributed by atoms with E-state index in [4.69, 9.17) is 0 Å². The van der Waals surface area contributed by atoms with E-state index >= 15 is 0 Å². The van der Waals surface area contributed by atoms with Gasteiger partial charge in [0.2, 0.25) is 5.78 Å². The molecule has 0 unspecified atom stereocenters. The first kappa shape index (κ1) is 10.1. The van der Waals surface area contributed by atoms with Crippen LogP contribution in [0.15, 0.2) is 41.3 Å². The summed E-state index contributed by atoms with van der Waals surface area (Å²) >= 11 is 1.50. The van der Waals surface area contributed by atoms with Gasteiger partial charge in [-0.15, -0.1) is 11.3 Å². The number of aromatic nitrogens is 1. The Balaban J connectivity index is 2.28. The van der Waals surface area contributed by atoms with Gasteiger partial charge in [-0.2, -0.15) is 0 Å². The van der Waals surface area contributed by atoms with E-state index in [2.05, 4.69) is 4.98 Å². The summed E-state index contributed by atoms with van der Waals surface area (Å²) in [5, 5.41) is 2.73. The van der Waals surface area contributed by atoms with Crippen LogP contribution in [-0.4, -0.2) is 10.8 Å². The number of hydrogen-bond acceptors (Lipinski definition) is 3. The Labute approximate surface area is 92.7 Å². The Bertz CT molecular complexity index is 466. The van der Waals surface area contributed by atoms with Crippen LogP contribution >= 0.6 is 11.3 Å². The predicted molar refractivity (Wildman–Crippen MR) is 62.2 cm³/mol. The van der Waals surface area contributed by atoms with Gasteiger partial charge in [0.15, 0.2) is 0 Å². The highest BCUT2D eigenvalue weighted by Gasteiger charge is 2.12. The second-order valence-corrected chi connectivity index (χ2v) is 4.33. The average molecular weight is 217 g/mol. The summed E-state index contributed by atoms with van der Waals surface area (Å²) in [6.45, 7) is 1.90. The Hall–Kier alpha value is -1.48. The molecule has 76 valence electrons. The number of allylic oxidation sites excluding steroid dienone is 6. The van der Waals surface area contributed by atoms with Gasteiger partial charge in [0, 0.05) is 11.0 Å². The quantitative estimate of drug-likeness (QED) is 0.712. The third-order valence-corrected chi connectivity index (χ3v) is 2.87. The van der Waals surface area contributed by atoms with Gasteiger partial charge in [-0.1, -0.05) is 30.4 Å². The number of thiazole rings is 1. The minimum Gasteiger partial charge on any atom is -0.287 e. The van der Waals surface area contributed by atoms with Crippen molar-refractivity contribution in [1.82, 2.24) is 4.98 Å². The maximum Gasteiger partial charge on any atom is 0.212 e. The molecule has 1 heterocycles. The minimum atomic E-state index is 0.00199. The number of Topliss-reactive ketones (excluding diaryl/α,β-unsaturated/α-hetero) is 1. The molecule has 1 aromatic rings. The third-order valence-electron chi connectivity index (χ3n) is 2.10. The largest absolute Gasteiger partial charge is 0.287 e. The Kier molecular flexibility index (Phi) is 2.92. The molecule has 0 aromatic carbocycles. The lowest BCUT2D eigenvalue weighted by Crippen LogP contribution is -2.01. The molecule has 0 radical (unpaired) electrons. The molecule has 0 fully saturated rings. The van der Waals surface area contributed by atoms with E-state index in [0.29, 0.717) is 11.3 Å². The Morgan fingerprint density at radius 1 is 1.47 bits per heavy atom. The van der Waals surface area contributed by atoms with Gasteiger partial charge in [-0.25, -0.2) is 4.98 Å². The fraction of sp³-hybridized carbons (Fsp3) is 0.167. The Morgan fingerprint density at radius 2 is 2.33 bits per heavy atom. The van der Waals surface area contributed by atoms with Crippen molar-refractivity contribution in [1.29, 1.82) is 0 Å². The summed E-state index contributed by atoms with van der Waals surface area (Å²) in [5.41, 5.74) is 1.25. The minimum absolute atomic E-state index is 0.00199. The second-order valence-electron chi connectivity index (χ2n) is 3.27. The first-order chi connectivity index (χ1) is 7.27. The van der Waals surface area contributed by atoms with Crippen LogP contribution in [0.4, 0.5) is 0 Å². The Morgan fingerprint density at radius 3 is 3.07 bits per heavy atom. The molecule has 0 amide bonds. The van der Waals surface area contributed by atoms with Crippen LogP contribution in [0.25, 0.3) is 0 Å². The normalized spacial score (nSPS) is 14.9.